The summed E-state index contributed by atoms with van der Waals surface area (Å²) in [7, 11) is 1.71. The van der Waals surface area contributed by atoms with Crippen molar-refractivity contribution in [2.45, 2.75) is 18.4 Å². The van der Waals surface area contributed by atoms with Gasteiger partial charge in [-0.15, -0.1) is 0 Å². The fourth-order valence-corrected chi connectivity index (χ4v) is 2.47. The largest absolute Gasteiger partial charge is 0.382 e. The van der Waals surface area contributed by atoms with Crippen LogP contribution < -0.4 is 11.1 Å². The van der Waals surface area contributed by atoms with Gasteiger partial charge in [-0.25, -0.2) is 0 Å². The van der Waals surface area contributed by atoms with Gasteiger partial charge in [0.15, 0.2) is 0 Å². The topological polar surface area (TPSA) is 47.3 Å². The number of nitrogens with two attached hydrogens (primary N) is 1. The molecular formula is C13H19ClN2O. The normalized spacial score (nSPS) is 18.8. The lowest BCUT2D eigenvalue weighted by Gasteiger charge is -2.34. The van der Waals surface area contributed by atoms with Crippen LogP contribution in [0.25, 0.3) is 0 Å². The van der Waals surface area contributed by atoms with Gasteiger partial charge in [-0.05, 0) is 37.0 Å². The molecule has 0 amide bonds. The number of benzene rings is 1. The van der Waals surface area contributed by atoms with Gasteiger partial charge < -0.3 is 15.8 Å². The van der Waals surface area contributed by atoms with E-state index in [0.717, 1.165) is 10.7 Å². The van der Waals surface area contributed by atoms with Gasteiger partial charge in [-0.2, -0.15) is 0 Å². The van der Waals surface area contributed by atoms with E-state index in [0.29, 0.717) is 19.1 Å². The van der Waals surface area contributed by atoms with Crippen LogP contribution in [0.3, 0.4) is 0 Å². The molecule has 17 heavy (non-hydrogen) atoms. The monoisotopic (exact) mass is 254 g/mol. The predicted octanol–water partition coefficient (Wildman–Crippen LogP) is 2.51. The summed E-state index contributed by atoms with van der Waals surface area (Å²) >= 11 is 5.99. The summed E-state index contributed by atoms with van der Waals surface area (Å²) in [5, 5.41) is 4.24. The van der Waals surface area contributed by atoms with E-state index in [-0.39, 0.29) is 5.54 Å². The number of hydrogen-bond acceptors (Lipinski definition) is 3. The second-order valence-electron chi connectivity index (χ2n) is 4.70. The minimum Gasteiger partial charge on any atom is -0.382 e. The molecule has 1 fully saturated rings. The molecule has 1 unspecified atom stereocenters. The van der Waals surface area contributed by atoms with Crippen LogP contribution in [-0.2, 0) is 4.74 Å². The summed E-state index contributed by atoms with van der Waals surface area (Å²) in [5.74, 6) is 0.603. The van der Waals surface area contributed by atoms with Crippen LogP contribution in [0.2, 0.25) is 5.02 Å². The molecule has 1 aliphatic carbocycles. The smallest absolute Gasteiger partial charge is 0.0756 e. The van der Waals surface area contributed by atoms with Gasteiger partial charge >= 0.3 is 0 Å². The van der Waals surface area contributed by atoms with E-state index in [1.54, 1.807) is 7.11 Å². The number of halogens is 1. The zero-order valence-electron chi connectivity index (χ0n) is 10.1. The van der Waals surface area contributed by atoms with Gasteiger partial charge in [0.25, 0.3) is 0 Å². The number of rotatable bonds is 6. The van der Waals surface area contributed by atoms with Crippen molar-refractivity contribution in [1.29, 1.82) is 0 Å². The third kappa shape index (κ3) is 2.92. The van der Waals surface area contributed by atoms with E-state index >= 15 is 0 Å². The standard InChI is InChI=1S/C13H19ClN2O/c1-17-9-13(8-15,10-5-6-10)16-12-4-2-3-11(14)7-12/h2-4,7,10,16H,5-6,8-9,15H2,1H3. The first-order valence-electron chi connectivity index (χ1n) is 5.93. The molecule has 1 aromatic rings. The number of anilines is 1. The lowest BCUT2D eigenvalue weighted by Crippen LogP contribution is -2.51. The third-order valence-electron chi connectivity index (χ3n) is 3.34. The Kier molecular flexibility index (Phi) is 3.92. The van der Waals surface area contributed by atoms with Gasteiger partial charge in [-0.3, -0.25) is 0 Å². The van der Waals surface area contributed by atoms with Crippen LogP contribution in [0.1, 0.15) is 12.8 Å². The lowest BCUT2D eigenvalue weighted by atomic mass is 9.93. The zero-order chi connectivity index (χ0) is 12.3. The van der Waals surface area contributed by atoms with Gasteiger partial charge in [-0.1, -0.05) is 17.7 Å². The van der Waals surface area contributed by atoms with Crippen LogP contribution in [0, 0.1) is 5.92 Å². The molecule has 0 bridgehead atoms. The molecular weight excluding hydrogens is 236 g/mol. The van der Waals surface area contributed by atoms with Crippen molar-refractivity contribution >= 4 is 17.3 Å². The van der Waals surface area contributed by atoms with E-state index in [1.165, 1.54) is 12.8 Å². The molecule has 1 aliphatic rings. The number of methoxy groups -OCH3 is 1. The third-order valence-corrected chi connectivity index (χ3v) is 3.58. The second kappa shape index (κ2) is 5.25. The highest BCUT2D eigenvalue weighted by molar-refractivity contribution is 6.30. The van der Waals surface area contributed by atoms with Crippen molar-refractivity contribution in [3.8, 4) is 0 Å². The van der Waals surface area contributed by atoms with E-state index in [1.807, 2.05) is 24.3 Å². The van der Waals surface area contributed by atoms with Crippen LogP contribution in [0.4, 0.5) is 5.69 Å². The molecule has 1 atom stereocenters. The molecule has 0 spiro atoms. The SMILES string of the molecule is COCC(CN)(Nc1cccc(Cl)c1)C1CC1. The molecule has 0 aromatic heterocycles. The van der Waals surface area contributed by atoms with Gasteiger partial charge in [0.2, 0.25) is 0 Å². The van der Waals surface area contributed by atoms with Crippen molar-refractivity contribution in [1.82, 2.24) is 0 Å². The molecule has 4 heteroatoms. The Bertz CT molecular complexity index is 381. The Hall–Kier alpha value is -0.770. The molecule has 1 aromatic carbocycles. The Balaban J connectivity index is 2.16. The van der Waals surface area contributed by atoms with E-state index in [2.05, 4.69) is 5.32 Å². The summed E-state index contributed by atoms with van der Waals surface area (Å²) in [6.07, 6.45) is 2.43. The first-order valence-corrected chi connectivity index (χ1v) is 6.31. The molecule has 2 rings (SSSR count). The van der Waals surface area contributed by atoms with Crippen molar-refractivity contribution in [3.63, 3.8) is 0 Å². The number of ether oxygens (including phenoxy) is 1. The van der Waals surface area contributed by atoms with Crippen molar-refractivity contribution in [3.05, 3.63) is 29.3 Å². The van der Waals surface area contributed by atoms with Crippen LogP contribution >= 0.6 is 11.6 Å². The van der Waals surface area contributed by atoms with Crippen molar-refractivity contribution in [2.24, 2.45) is 11.7 Å². The molecule has 0 radical (unpaired) electrons. The summed E-state index contributed by atoms with van der Waals surface area (Å²) in [6, 6.07) is 7.73. The molecule has 3 N–H and O–H groups in total. The van der Waals surface area contributed by atoms with Crippen LogP contribution in [-0.4, -0.2) is 25.8 Å². The molecule has 0 saturated heterocycles. The predicted molar refractivity (Wildman–Crippen MR) is 71.5 cm³/mol. The van der Waals surface area contributed by atoms with Gasteiger partial charge in [0.05, 0.1) is 12.1 Å². The van der Waals surface area contributed by atoms with Gasteiger partial charge in [0.1, 0.15) is 0 Å². The Morgan fingerprint density at radius 1 is 1.53 bits per heavy atom. The number of hydrogen-bond donors (Lipinski definition) is 2. The maximum Gasteiger partial charge on any atom is 0.0756 e. The fraction of sp³-hybridized carbons (Fsp3) is 0.538. The second-order valence-corrected chi connectivity index (χ2v) is 5.14. The Labute approximate surface area is 107 Å². The lowest BCUT2D eigenvalue weighted by molar-refractivity contribution is 0.134. The highest BCUT2D eigenvalue weighted by atomic mass is 35.5. The van der Waals surface area contributed by atoms with Gasteiger partial charge in [0, 0.05) is 24.4 Å². The minimum atomic E-state index is -0.153. The van der Waals surface area contributed by atoms with Crippen molar-refractivity contribution in [2.75, 3.05) is 25.6 Å². The molecule has 1 saturated carbocycles. The summed E-state index contributed by atoms with van der Waals surface area (Å²) in [4.78, 5) is 0. The summed E-state index contributed by atoms with van der Waals surface area (Å²) in [5.41, 5.74) is 6.80. The highest BCUT2D eigenvalue weighted by Crippen LogP contribution is 2.41. The van der Waals surface area contributed by atoms with Crippen LogP contribution in [0.15, 0.2) is 24.3 Å². The zero-order valence-corrected chi connectivity index (χ0v) is 10.8. The quantitative estimate of drug-likeness (QED) is 0.820. The van der Waals surface area contributed by atoms with E-state index < -0.39 is 0 Å². The number of nitrogens with one attached hydrogen (secondary N) is 1. The molecule has 94 valence electrons. The fourth-order valence-electron chi connectivity index (χ4n) is 2.28. The molecule has 0 heterocycles. The Morgan fingerprint density at radius 2 is 2.29 bits per heavy atom. The highest BCUT2D eigenvalue weighted by Gasteiger charge is 2.44. The molecule has 3 nitrogen and oxygen atoms in total. The minimum absolute atomic E-state index is 0.153. The average molecular weight is 255 g/mol. The maximum atomic E-state index is 5.99. The van der Waals surface area contributed by atoms with Crippen LogP contribution in [0.5, 0.6) is 0 Å². The van der Waals surface area contributed by atoms with E-state index in [4.69, 9.17) is 22.1 Å². The first-order chi connectivity index (χ1) is 8.20. The van der Waals surface area contributed by atoms with Crippen molar-refractivity contribution < 1.29 is 4.74 Å². The Morgan fingerprint density at radius 3 is 2.82 bits per heavy atom. The maximum absolute atomic E-state index is 5.99. The average Bonchev–Trinajstić information content (AvgIpc) is 3.12. The van der Waals surface area contributed by atoms with E-state index in [9.17, 15) is 0 Å². The summed E-state index contributed by atoms with van der Waals surface area (Å²) in [6.45, 7) is 1.19. The molecule has 0 aliphatic heterocycles. The first kappa shape index (κ1) is 12.7. The summed E-state index contributed by atoms with van der Waals surface area (Å²) < 4.78 is 5.33.